The molecule has 0 fully saturated rings. The van der Waals surface area contributed by atoms with Crippen molar-refractivity contribution in [2.75, 3.05) is 0 Å². The third-order valence-electron chi connectivity index (χ3n) is 12.8. The van der Waals surface area contributed by atoms with Gasteiger partial charge < -0.3 is 4.57 Å². The molecule has 3 heterocycles. The Bertz CT molecular complexity index is 3960. The van der Waals surface area contributed by atoms with Gasteiger partial charge in [0.15, 0.2) is 5.82 Å². The van der Waals surface area contributed by atoms with Crippen LogP contribution >= 0.6 is 0 Å². The van der Waals surface area contributed by atoms with E-state index < -0.39 is 0 Å². The molecule has 4 heteroatoms. The molecule has 0 spiro atoms. The molecule has 0 aliphatic carbocycles. The second-order valence-electron chi connectivity index (χ2n) is 16.3. The number of aromatic nitrogens is 4. The molecule has 0 amide bonds. The van der Waals surface area contributed by atoms with E-state index in [1.807, 2.05) is 0 Å². The average molecular weight is 801 g/mol. The van der Waals surface area contributed by atoms with Crippen LogP contribution in [0.5, 0.6) is 0 Å². The summed E-state index contributed by atoms with van der Waals surface area (Å²) in [7, 11) is 0. The lowest BCUT2D eigenvalue weighted by molar-refractivity contribution is 1.18. The van der Waals surface area contributed by atoms with Crippen molar-refractivity contribution >= 4 is 75.9 Å². The maximum atomic E-state index is 5.66. The molecule has 292 valence electrons. The summed E-state index contributed by atoms with van der Waals surface area (Å²) in [6.07, 6.45) is 0. The zero-order valence-electron chi connectivity index (χ0n) is 34.1. The number of para-hydroxylation sites is 4. The summed E-state index contributed by atoms with van der Waals surface area (Å²) in [5.74, 6) is 0.699. The Morgan fingerprint density at radius 1 is 0.317 bits per heavy atom. The minimum Gasteiger partial charge on any atom is -0.309 e. The maximum absolute atomic E-state index is 5.66. The molecule has 3 aromatic heterocycles. The molecule has 0 saturated carbocycles. The van der Waals surface area contributed by atoms with E-state index in [4.69, 9.17) is 15.0 Å². The van der Waals surface area contributed by atoms with Crippen LogP contribution in [0.2, 0.25) is 0 Å². The van der Waals surface area contributed by atoms with E-state index in [9.17, 15) is 0 Å². The highest BCUT2D eigenvalue weighted by molar-refractivity contribution is 6.30. The lowest BCUT2D eigenvalue weighted by Gasteiger charge is -2.17. The van der Waals surface area contributed by atoms with Gasteiger partial charge in [0.2, 0.25) is 0 Å². The van der Waals surface area contributed by atoms with Gasteiger partial charge in [-0.3, -0.25) is 0 Å². The molecule has 13 rings (SSSR count). The Morgan fingerprint density at radius 2 is 0.968 bits per heavy atom. The van der Waals surface area contributed by atoms with Crippen LogP contribution in [0.25, 0.3) is 127 Å². The normalized spacial score (nSPS) is 11.8. The molecule has 0 aliphatic heterocycles. The molecule has 0 radical (unpaired) electrons. The second-order valence-corrected chi connectivity index (χ2v) is 16.3. The number of benzene rings is 10. The summed E-state index contributed by atoms with van der Waals surface area (Å²) in [4.78, 5) is 16.3. The molecular weight excluding hydrogens is 765 g/mol. The van der Waals surface area contributed by atoms with Crippen molar-refractivity contribution < 1.29 is 0 Å². The number of nitrogens with zero attached hydrogens (tertiary/aromatic N) is 4. The molecule has 13 aromatic rings. The molecule has 0 saturated heterocycles. The average Bonchev–Trinajstić information content (AvgIpc) is 3.70. The summed E-state index contributed by atoms with van der Waals surface area (Å²) in [6.45, 7) is 0. The van der Waals surface area contributed by atoms with Gasteiger partial charge in [0.05, 0.1) is 33.5 Å². The van der Waals surface area contributed by atoms with Crippen LogP contribution in [0.3, 0.4) is 0 Å². The molecule has 0 N–H and O–H groups in total. The fourth-order valence-electron chi connectivity index (χ4n) is 9.95. The van der Waals surface area contributed by atoms with Crippen molar-refractivity contribution in [1.29, 1.82) is 0 Å². The first-order valence-corrected chi connectivity index (χ1v) is 21.4. The van der Waals surface area contributed by atoms with E-state index in [1.165, 1.54) is 38.0 Å². The molecule has 0 aliphatic rings. The van der Waals surface area contributed by atoms with Gasteiger partial charge in [-0.1, -0.05) is 176 Å². The molecule has 0 bridgehead atoms. The molecule has 0 unspecified atom stereocenters. The third-order valence-corrected chi connectivity index (χ3v) is 12.8. The Morgan fingerprint density at radius 3 is 1.81 bits per heavy atom. The number of fused-ring (bicyclic) bond motifs is 10. The van der Waals surface area contributed by atoms with Crippen LogP contribution in [0, 0.1) is 0 Å². The predicted molar refractivity (Wildman–Crippen MR) is 263 cm³/mol. The molecule has 63 heavy (non-hydrogen) atoms. The summed E-state index contributed by atoms with van der Waals surface area (Å²) in [5.41, 5.74) is 12.6. The van der Waals surface area contributed by atoms with Gasteiger partial charge in [-0.2, -0.15) is 0 Å². The van der Waals surface area contributed by atoms with Crippen molar-refractivity contribution in [2.24, 2.45) is 0 Å². The first-order valence-electron chi connectivity index (χ1n) is 21.4. The number of hydrogen-bond acceptors (Lipinski definition) is 3. The zero-order valence-corrected chi connectivity index (χ0v) is 34.1. The van der Waals surface area contributed by atoms with Crippen LogP contribution in [0.1, 0.15) is 0 Å². The SMILES string of the molecule is c1ccc(-c2nc3c(-c4ccc(-c5nc(-c6ccc7ccccc7c6)c6ccccc6n5)c5ccccc45)cccc3c3c2ccc2c3c3ccccc3n2-c2ccccc2)cc1. The van der Waals surface area contributed by atoms with E-state index in [0.29, 0.717) is 5.82 Å². The second kappa shape index (κ2) is 14.1. The van der Waals surface area contributed by atoms with E-state index in [0.717, 1.165) is 82.9 Å². The number of rotatable bonds is 5. The standard InChI is InChI=1S/C59H36N4/c1-3-17-38(18-4-1)56-50-34-35-53-55(48-25-12-14-29-52(48)63(53)41-20-5-2-6-21-41)54(50)49-27-15-26-45(58(49)61-56)44-32-33-46(43-23-10-9-22-42(43)44)59-60-51-28-13-11-24-47(51)57(62-59)40-31-30-37-16-7-8-19-39(37)36-40/h1-36H. The largest absolute Gasteiger partial charge is 0.309 e. The van der Waals surface area contributed by atoms with Crippen molar-refractivity contribution in [1.82, 2.24) is 19.5 Å². The molecule has 4 nitrogen and oxygen atoms in total. The topological polar surface area (TPSA) is 43.6 Å². The highest BCUT2D eigenvalue weighted by atomic mass is 15.0. The van der Waals surface area contributed by atoms with Crippen LogP contribution in [-0.2, 0) is 0 Å². The quantitative estimate of drug-likeness (QED) is 0.163. The lowest BCUT2D eigenvalue weighted by atomic mass is 9.90. The van der Waals surface area contributed by atoms with E-state index in [2.05, 4.69) is 223 Å². The van der Waals surface area contributed by atoms with Crippen molar-refractivity contribution in [3.8, 4) is 50.7 Å². The third kappa shape index (κ3) is 5.52. The number of hydrogen-bond donors (Lipinski definition) is 0. The fraction of sp³-hybridized carbons (Fsp3) is 0. The Labute approximate surface area is 363 Å². The maximum Gasteiger partial charge on any atom is 0.161 e. The molecule has 0 atom stereocenters. The fourth-order valence-corrected chi connectivity index (χ4v) is 9.95. The van der Waals surface area contributed by atoms with Crippen molar-refractivity contribution in [3.63, 3.8) is 0 Å². The summed E-state index contributed by atoms with van der Waals surface area (Å²) in [6, 6.07) is 77.9. The zero-order chi connectivity index (χ0) is 41.4. The van der Waals surface area contributed by atoms with Crippen LogP contribution < -0.4 is 0 Å². The van der Waals surface area contributed by atoms with Gasteiger partial charge in [0, 0.05) is 60.3 Å². The summed E-state index contributed by atoms with van der Waals surface area (Å²) >= 11 is 0. The first-order chi connectivity index (χ1) is 31.3. The van der Waals surface area contributed by atoms with Gasteiger partial charge in [-0.25, -0.2) is 15.0 Å². The Kier molecular flexibility index (Phi) is 7.87. The van der Waals surface area contributed by atoms with Crippen LogP contribution in [0.4, 0.5) is 0 Å². The van der Waals surface area contributed by atoms with Gasteiger partial charge in [0.25, 0.3) is 0 Å². The van der Waals surface area contributed by atoms with Crippen molar-refractivity contribution in [2.45, 2.75) is 0 Å². The van der Waals surface area contributed by atoms with E-state index >= 15 is 0 Å². The monoisotopic (exact) mass is 800 g/mol. The smallest absolute Gasteiger partial charge is 0.161 e. The van der Waals surface area contributed by atoms with Crippen LogP contribution in [0.15, 0.2) is 218 Å². The highest BCUT2D eigenvalue weighted by Gasteiger charge is 2.22. The van der Waals surface area contributed by atoms with E-state index in [-0.39, 0.29) is 0 Å². The minimum absolute atomic E-state index is 0.699. The van der Waals surface area contributed by atoms with Gasteiger partial charge >= 0.3 is 0 Å². The molecule has 10 aromatic carbocycles. The number of pyridine rings is 1. The van der Waals surface area contributed by atoms with Gasteiger partial charge in [-0.15, -0.1) is 0 Å². The first kappa shape index (κ1) is 35.3. The minimum atomic E-state index is 0.699. The van der Waals surface area contributed by atoms with Gasteiger partial charge in [0.1, 0.15) is 0 Å². The predicted octanol–water partition coefficient (Wildman–Crippen LogP) is 15.4. The molecular formula is C59H36N4. The summed E-state index contributed by atoms with van der Waals surface area (Å²) in [5, 5.41) is 11.5. The van der Waals surface area contributed by atoms with Gasteiger partial charge in [-0.05, 0) is 69.6 Å². The highest BCUT2D eigenvalue weighted by Crippen LogP contribution is 2.45. The van der Waals surface area contributed by atoms with Crippen molar-refractivity contribution in [3.05, 3.63) is 218 Å². The van der Waals surface area contributed by atoms with E-state index in [1.54, 1.807) is 0 Å². The Balaban J connectivity index is 1.08. The Hall–Kier alpha value is -8.47. The lowest BCUT2D eigenvalue weighted by Crippen LogP contribution is -1.97. The summed E-state index contributed by atoms with van der Waals surface area (Å²) < 4.78 is 2.40. The van der Waals surface area contributed by atoms with Crippen LogP contribution in [-0.4, -0.2) is 19.5 Å².